The van der Waals surface area contributed by atoms with Crippen LogP contribution in [0.3, 0.4) is 0 Å². The Bertz CT molecular complexity index is 533. The summed E-state index contributed by atoms with van der Waals surface area (Å²) in [5.41, 5.74) is 3.93. The van der Waals surface area contributed by atoms with Gasteiger partial charge in [-0.25, -0.2) is 9.97 Å². The van der Waals surface area contributed by atoms with Gasteiger partial charge in [-0.15, -0.1) is 0 Å². The highest BCUT2D eigenvalue weighted by molar-refractivity contribution is 5.65. The highest BCUT2D eigenvalue weighted by Gasteiger charge is 2.07. The summed E-state index contributed by atoms with van der Waals surface area (Å²) in [5.74, 6) is 1.20. The smallest absolute Gasteiger partial charge is 0.125 e. The molecule has 0 unspecified atom stereocenters. The fourth-order valence-corrected chi connectivity index (χ4v) is 1.93. The fourth-order valence-electron chi connectivity index (χ4n) is 1.93. The molecule has 0 aliphatic heterocycles. The van der Waals surface area contributed by atoms with Crippen molar-refractivity contribution in [2.45, 2.75) is 33.3 Å². The molecule has 0 amide bonds. The average molecular weight is 242 g/mol. The zero-order valence-corrected chi connectivity index (χ0v) is 11.0. The predicted octanol–water partition coefficient (Wildman–Crippen LogP) is 3.07. The molecule has 18 heavy (non-hydrogen) atoms. The van der Waals surface area contributed by atoms with Crippen LogP contribution < -0.4 is 0 Å². The van der Waals surface area contributed by atoms with Crippen molar-refractivity contribution in [3.05, 3.63) is 47.5 Å². The molecular weight excluding hydrogens is 224 g/mol. The largest absolute Gasteiger partial charge is 0.390 e. The van der Waals surface area contributed by atoms with Crippen LogP contribution >= 0.6 is 0 Å². The third-order valence-electron chi connectivity index (χ3n) is 3.03. The van der Waals surface area contributed by atoms with Gasteiger partial charge in [0.25, 0.3) is 0 Å². The zero-order valence-electron chi connectivity index (χ0n) is 11.0. The van der Waals surface area contributed by atoms with Gasteiger partial charge in [0, 0.05) is 11.8 Å². The van der Waals surface area contributed by atoms with Gasteiger partial charge < -0.3 is 5.11 Å². The predicted molar refractivity (Wildman–Crippen MR) is 72.2 cm³/mol. The number of nitrogens with zero attached hydrogens (tertiary/aromatic N) is 2. The van der Waals surface area contributed by atoms with E-state index >= 15 is 0 Å². The SMILES string of the molecule is Cc1ncc(-c2ccc(C(C)C)cc2)c(CO)n1. The molecular formula is C15H18N2O. The van der Waals surface area contributed by atoms with Crippen LogP contribution in [0.5, 0.6) is 0 Å². The Hall–Kier alpha value is -1.74. The van der Waals surface area contributed by atoms with Crippen molar-refractivity contribution in [1.29, 1.82) is 0 Å². The molecule has 0 aliphatic carbocycles. The monoisotopic (exact) mass is 242 g/mol. The van der Waals surface area contributed by atoms with Crippen molar-refractivity contribution in [1.82, 2.24) is 9.97 Å². The number of hydrogen-bond acceptors (Lipinski definition) is 3. The van der Waals surface area contributed by atoms with Gasteiger partial charge in [-0.3, -0.25) is 0 Å². The third-order valence-corrected chi connectivity index (χ3v) is 3.03. The number of rotatable bonds is 3. The van der Waals surface area contributed by atoms with E-state index in [9.17, 15) is 5.11 Å². The number of aryl methyl sites for hydroxylation is 1. The van der Waals surface area contributed by atoms with Crippen molar-refractivity contribution in [2.24, 2.45) is 0 Å². The first-order valence-electron chi connectivity index (χ1n) is 6.15. The highest BCUT2D eigenvalue weighted by Crippen LogP contribution is 2.24. The van der Waals surface area contributed by atoms with E-state index in [2.05, 4.69) is 48.1 Å². The lowest BCUT2D eigenvalue weighted by Gasteiger charge is -2.09. The molecule has 0 atom stereocenters. The van der Waals surface area contributed by atoms with Crippen LogP contribution in [0.1, 0.15) is 36.8 Å². The second-order valence-electron chi connectivity index (χ2n) is 4.71. The van der Waals surface area contributed by atoms with Gasteiger partial charge >= 0.3 is 0 Å². The molecule has 0 fully saturated rings. The van der Waals surface area contributed by atoms with Crippen LogP contribution in [0.4, 0.5) is 0 Å². The van der Waals surface area contributed by atoms with Gasteiger partial charge in [-0.2, -0.15) is 0 Å². The van der Waals surface area contributed by atoms with E-state index in [0.717, 1.165) is 11.1 Å². The number of benzene rings is 1. The van der Waals surface area contributed by atoms with Gasteiger partial charge in [-0.1, -0.05) is 38.1 Å². The van der Waals surface area contributed by atoms with Crippen molar-refractivity contribution < 1.29 is 5.11 Å². The minimum absolute atomic E-state index is 0.0649. The van der Waals surface area contributed by atoms with Gasteiger partial charge in [0.15, 0.2) is 0 Å². The van der Waals surface area contributed by atoms with E-state index < -0.39 is 0 Å². The molecule has 2 rings (SSSR count). The van der Waals surface area contributed by atoms with E-state index in [4.69, 9.17) is 0 Å². The number of aliphatic hydroxyl groups excluding tert-OH is 1. The summed E-state index contributed by atoms with van der Waals surface area (Å²) in [6.07, 6.45) is 1.78. The summed E-state index contributed by atoms with van der Waals surface area (Å²) in [4.78, 5) is 8.46. The van der Waals surface area contributed by atoms with Crippen molar-refractivity contribution in [3.63, 3.8) is 0 Å². The van der Waals surface area contributed by atoms with Crippen molar-refractivity contribution in [3.8, 4) is 11.1 Å². The van der Waals surface area contributed by atoms with Crippen LogP contribution in [0.2, 0.25) is 0 Å². The normalized spacial score (nSPS) is 10.9. The molecule has 1 heterocycles. The molecule has 0 saturated carbocycles. The van der Waals surface area contributed by atoms with E-state index in [1.54, 1.807) is 6.20 Å². The van der Waals surface area contributed by atoms with Crippen LogP contribution in [-0.2, 0) is 6.61 Å². The summed E-state index contributed by atoms with van der Waals surface area (Å²) in [5, 5.41) is 9.36. The average Bonchev–Trinajstić information content (AvgIpc) is 2.38. The molecule has 94 valence electrons. The highest BCUT2D eigenvalue weighted by atomic mass is 16.3. The minimum Gasteiger partial charge on any atom is -0.390 e. The quantitative estimate of drug-likeness (QED) is 0.899. The molecule has 1 N–H and O–H groups in total. The summed E-state index contributed by atoms with van der Waals surface area (Å²) in [6, 6.07) is 8.34. The Morgan fingerprint density at radius 2 is 1.83 bits per heavy atom. The maximum atomic E-state index is 9.36. The molecule has 1 aromatic heterocycles. The van der Waals surface area contributed by atoms with Crippen molar-refractivity contribution in [2.75, 3.05) is 0 Å². The van der Waals surface area contributed by atoms with Gasteiger partial charge in [0.1, 0.15) is 5.82 Å². The van der Waals surface area contributed by atoms with E-state index in [1.165, 1.54) is 5.56 Å². The molecule has 3 nitrogen and oxygen atoms in total. The van der Waals surface area contributed by atoms with Crippen LogP contribution in [0.15, 0.2) is 30.5 Å². The summed E-state index contributed by atoms with van der Waals surface area (Å²) >= 11 is 0. The van der Waals surface area contributed by atoms with E-state index in [1.807, 2.05) is 6.92 Å². The maximum Gasteiger partial charge on any atom is 0.125 e. The molecule has 0 saturated heterocycles. The van der Waals surface area contributed by atoms with E-state index in [0.29, 0.717) is 17.4 Å². The van der Waals surface area contributed by atoms with E-state index in [-0.39, 0.29) is 6.61 Å². The number of aromatic nitrogens is 2. The lowest BCUT2D eigenvalue weighted by molar-refractivity contribution is 0.277. The zero-order chi connectivity index (χ0) is 13.1. The first-order chi connectivity index (χ1) is 8.61. The first kappa shape index (κ1) is 12.7. The van der Waals surface area contributed by atoms with Crippen molar-refractivity contribution >= 4 is 0 Å². The first-order valence-corrected chi connectivity index (χ1v) is 6.15. The lowest BCUT2D eigenvalue weighted by Crippen LogP contribution is -1.98. The minimum atomic E-state index is -0.0649. The lowest BCUT2D eigenvalue weighted by atomic mass is 9.99. The second-order valence-corrected chi connectivity index (χ2v) is 4.71. The Labute approximate surface area is 108 Å². The van der Waals surface area contributed by atoms with Gasteiger partial charge in [0.05, 0.1) is 12.3 Å². The Balaban J connectivity index is 2.42. The summed E-state index contributed by atoms with van der Waals surface area (Å²) in [7, 11) is 0. The summed E-state index contributed by atoms with van der Waals surface area (Å²) < 4.78 is 0. The standard InChI is InChI=1S/C15H18N2O/c1-10(2)12-4-6-13(7-5-12)14-8-16-11(3)17-15(14)9-18/h4-8,10,18H,9H2,1-3H3. The second kappa shape index (κ2) is 5.27. The molecule has 0 spiro atoms. The maximum absolute atomic E-state index is 9.36. The molecule has 0 aliphatic rings. The number of hydrogen-bond donors (Lipinski definition) is 1. The molecule has 0 radical (unpaired) electrons. The van der Waals surface area contributed by atoms with Crippen LogP contribution in [0.25, 0.3) is 11.1 Å². The topological polar surface area (TPSA) is 46.0 Å². The molecule has 0 bridgehead atoms. The Morgan fingerprint density at radius 1 is 1.17 bits per heavy atom. The Morgan fingerprint density at radius 3 is 2.39 bits per heavy atom. The van der Waals surface area contributed by atoms with Crippen LogP contribution in [-0.4, -0.2) is 15.1 Å². The van der Waals surface area contributed by atoms with Crippen LogP contribution in [0, 0.1) is 6.92 Å². The van der Waals surface area contributed by atoms with Gasteiger partial charge in [0.2, 0.25) is 0 Å². The molecule has 2 aromatic rings. The molecule has 1 aromatic carbocycles. The fraction of sp³-hybridized carbons (Fsp3) is 0.333. The molecule has 3 heteroatoms. The summed E-state index contributed by atoms with van der Waals surface area (Å²) in [6.45, 7) is 6.10. The van der Waals surface area contributed by atoms with Gasteiger partial charge in [-0.05, 0) is 24.0 Å². The third kappa shape index (κ3) is 2.57. The number of aliphatic hydroxyl groups is 1. The Kier molecular flexibility index (Phi) is 3.72.